The van der Waals surface area contributed by atoms with Gasteiger partial charge in [-0.05, 0) is 49.0 Å². The Kier molecular flexibility index (Phi) is 1.56. The Hall–Kier alpha value is -0.850. The van der Waals surface area contributed by atoms with Crippen molar-refractivity contribution in [3.05, 3.63) is 24.3 Å². The second-order valence-corrected chi connectivity index (χ2v) is 5.24. The van der Waals surface area contributed by atoms with Crippen LogP contribution in [0.2, 0.25) is 0 Å². The lowest BCUT2D eigenvalue weighted by molar-refractivity contribution is -0.118. The molecule has 0 radical (unpaired) electrons. The van der Waals surface area contributed by atoms with Crippen LogP contribution in [0.1, 0.15) is 32.1 Å². The van der Waals surface area contributed by atoms with Gasteiger partial charge < -0.3 is 0 Å². The Morgan fingerprint density at radius 1 is 1.50 bits per heavy atom. The second-order valence-electron chi connectivity index (χ2n) is 5.24. The molecule has 1 heteroatoms. The van der Waals surface area contributed by atoms with Crippen molar-refractivity contribution in [3.8, 4) is 0 Å². The minimum absolute atomic E-state index is 0.332. The van der Waals surface area contributed by atoms with E-state index in [4.69, 9.17) is 0 Å². The summed E-state index contributed by atoms with van der Waals surface area (Å²) in [7, 11) is 0. The van der Waals surface area contributed by atoms with E-state index in [2.05, 4.69) is 12.7 Å². The van der Waals surface area contributed by atoms with Gasteiger partial charge in [0.05, 0.1) is 0 Å². The monoisotopic (exact) mass is 188 g/mol. The van der Waals surface area contributed by atoms with Gasteiger partial charge in [-0.15, -0.1) is 0 Å². The van der Waals surface area contributed by atoms with E-state index in [1.54, 1.807) is 0 Å². The first-order valence-electron chi connectivity index (χ1n) is 5.59. The molecule has 0 unspecified atom stereocenters. The number of fused-ring (bicyclic) bond motifs is 2. The number of carbonyl (C=O) groups is 1. The normalized spacial score (nSPS) is 45.4. The molecule has 0 heterocycles. The molecule has 74 valence electrons. The van der Waals surface area contributed by atoms with Crippen molar-refractivity contribution in [2.75, 3.05) is 0 Å². The third-order valence-corrected chi connectivity index (χ3v) is 4.52. The Balaban J connectivity index is 2.02. The molecular weight excluding hydrogens is 172 g/mol. The van der Waals surface area contributed by atoms with Gasteiger partial charge in [0, 0.05) is 6.42 Å². The average Bonchev–Trinajstić information content (AvgIpc) is 2.17. The molecule has 3 atom stereocenters. The summed E-state index contributed by atoms with van der Waals surface area (Å²) >= 11 is 0. The molecule has 0 aliphatic heterocycles. The number of allylic oxidation sites excluding steroid dienone is 3. The van der Waals surface area contributed by atoms with Crippen LogP contribution in [0.3, 0.4) is 0 Å². The van der Waals surface area contributed by atoms with Crippen LogP contribution < -0.4 is 0 Å². The van der Waals surface area contributed by atoms with Crippen LogP contribution in [0.15, 0.2) is 24.3 Å². The largest absolute Gasteiger partial charge is 0.295 e. The molecule has 4 aliphatic rings. The summed E-state index contributed by atoms with van der Waals surface area (Å²) in [5, 5.41) is 0. The zero-order chi connectivity index (χ0) is 9.76. The second kappa shape index (κ2) is 2.59. The van der Waals surface area contributed by atoms with E-state index in [0.29, 0.717) is 17.1 Å². The van der Waals surface area contributed by atoms with E-state index in [1.165, 1.54) is 24.8 Å². The maximum absolute atomic E-state index is 11.4. The third kappa shape index (κ3) is 0.985. The van der Waals surface area contributed by atoms with Crippen LogP contribution in [0, 0.1) is 17.3 Å². The Morgan fingerprint density at radius 2 is 2.36 bits per heavy atom. The van der Waals surface area contributed by atoms with Crippen molar-refractivity contribution in [1.82, 2.24) is 0 Å². The number of ketones is 1. The topological polar surface area (TPSA) is 17.1 Å². The average molecular weight is 188 g/mol. The Labute approximate surface area is 84.9 Å². The van der Waals surface area contributed by atoms with Gasteiger partial charge in [0.2, 0.25) is 0 Å². The molecule has 1 nitrogen and oxygen atoms in total. The first-order valence-corrected chi connectivity index (χ1v) is 5.59. The van der Waals surface area contributed by atoms with Crippen molar-refractivity contribution >= 4 is 5.78 Å². The van der Waals surface area contributed by atoms with Crippen molar-refractivity contribution in [2.24, 2.45) is 17.3 Å². The first-order chi connectivity index (χ1) is 6.70. The van der Waals surface area contributed by atoms with Gasteiger partial charge in [-0.25, -0.2) is 0 Å². The fourth-order valence-electron chi connectivity index (χ4n) is 3.65. The zero-order valence-electron chi connectivity index (χ0n) is 8.46. The Bertz CT molecular complexity index is 339. The van der Waals surface area contributed by atoms with Crippen LogP contribution in [0.4, 0.5) is 0 Å². The summed E-state index contributed by atoms with van der Waals surface area (Å²) in [4.78, 5) is 11.4. The van der Waals surface area contributed by atoms with Crippen LogP contribution >= 0.6 is 0 Å². The molecule has 0 saturated heterocycles. The lowest BCUT2D eigenvalue weighted by Crippen LogP contribution is -2.44. The lowest BCUT2D eigenvalue weighted by Gasteiger charge is -2.53. The fourth-order valence-corrected chi connectivity index (χ4v) is 3.65. The molecule has 4 rings (SSSR count). The van der Waals surface area contributed by atoms with Crippen LogP contribution in [0.25, 0.3) is 0 Å². The number of rotatable bonds is 0. The molecule has 4 aliphatic carbocycles. The highest BCUT2D eigenvalue weighted by Gasteiger charge is 2.49. The van der Waals surface area contributed by atoms with E-state index in [0.717, 1.165) is 18.8 Å². The van der Waals surface area contributed by atoms with Crippen molar-refractivity contribution in [1.29, 1.82) is 0 Å². The van der Waals surface area contributed by atoms with Gasteiger partial charge in [0.25, 0.3) is 0 Å². The summed E-state index contributed by atoms with van der Waals surface area (Å²) in [6.07, 6.45) is 9.75. The first kappa shape index (κ1) is 8.46. The summed E-state index contributed by atoms with van der Waals surface area (Å²) in [5.41, 5.74) is 1.77. The minimum Gasteiger partial charge on any atom is -0.295 e. The van der Waals surface area contributed by atoms with Gasteiger partial charge in [-0.3, -0.25) is 4.79 Å². The summed E-state index contributed by atoms with van der Waals surface area (Å²) < 4.78 is 0. The predicted molar refractivity (Wildman–Crippen MR) is 55.8 cm³/mol. The van der Waals surface area contributed by atoms with E-state index in [9.17, 15) is 4.79 Å². The van der Waals surface area contributed by atoms with Crippen LogP contribution in [-0.4, -0.2) is 5.78 Å². The van der Waals surface area contributed by atoms with E-state index in [-0.39, 0.29) is 0 Å². The van der Waals surface area contributed by atoms with E-state index >= 15 is 0 Å². The number of hydrogen-bond acceptors (Lipinski definition) is 1. The molecule has 0 aromatic rings. The molecule has 0 aromatic carbocycles. The maximum atomic E-state index is 11.4. The van der Waals surface area contributed by atoms with E-state index in [1.807, 2.05) is 6.08 Å². The standard InChI is InChI=1S/C13H16O/c1-9-8-13-4-2-10(9)6-11(13)7-12(14)3-5-13/h3,5,10-11H,1-2,4,6-8H2/t10-,11-,13+/m0/s1. The third-order valence-electron chi connectivity index (χ3n) is 4.52. The van der Waals surface area contributed by atoms with Gasteiger partial charge in [-0.1, -0.05) is 18.2 Å². The summed E-state index contributed by atoms with van der Waals surface area (Å²) in [6, 6.07) is 0. The highest BCUT2D eigenvalue weighted by molar-refractivity contribution is 5.91. The van der Waals surface area contributed by atoms with E-state index < -0.39 is 0 Å². The Morgan fingerprint density at radius 3 is 3.14 bits per heavy atom. The fraction of sp³-hybridized carbons (Fsp3) is 0.615. The molecule has 0 amide bonds. The van der Waals surface area contributed by atoms with Crippen LogP contribution in [-0.2, 0) is 4.79 Å². The van der Waals surface area contributed by atoms with Crippen molar-refractivity contribution < 1.29 is 4.79 Å². The molecule has 1 spiro atoms. The predicted octanol–water partition coefficient (Wildman–Crippen LogP) is 2.88. The summed E-state index contributed by atoms with van der Waals surface area (Å²) in [6.45, 7) is 4.18. The van der Waals surface area contributed by atoms with Gasteiger partial charge in [-0.2, -0.15) is 0 Å². The lowest BCUT2D eigenvalue weighted by atomic mass is 9.51. The van der Waals surface area contributed by atoms with Gasteiger partial charge in [0.15, 0.2) is 5.78 Å². The quantitative estimate of drug-likeness (QED) is 0.534. The van der Waals surface area contributed by atoms with Gasteiger partial charge in [0.1, 0.15) is 0 Å². The molecule has 0 aromatic heterocycles. The summed E-state index contributed by atoms with van der Waals surface area (Å²) in [5.74, 6) is 1.68. The number of carbonyl (C=O) groups excluding carboxylic acids is 1. The SMILES string of the molecule is C=C1C[C@@]23C=CC(=O)C[C@@H]2C[C@@H]1CC3. The zero-order valence-corrected chi connectivity index (χ0v) is 8.46. The van der Waals surface area contributed by atoms with Crippen molar-refractivity contribution in [2.45, 2.75) is 32.1 Å². The molecule has 3 saturated carbocycles. The molecule has 3 fully saturated rings. The highest BCUT2D eigenvalue weighted by Crippen LogP contribution is 2.58. The highest BCUT2D eigenvalue weighted by atomic mass is 16.1. The molecule has 0 N–H and O–H groups in total. The maximum Gasteiger partial charge on any atom is 0.155 e. The smallest absolute Gasteiger partial charge is 0.155 e. The minimum atomic E-state index is 0.332. The number of hydrogen-bond donors (Lipinski definition) is 0. The van der Waals surface area contributed by atoms with Crippen LogP contribution in [0.5, 0.6) is 0 Å². The van der Waals surface area contributed by atoms with Crippen molar-refractivity contribution in [3.63, 3.8) is 0 Å². The molecule has 14 heavy (non-hydrogen) atoms. The molecular formula is C13H16O. The van der Waals surface area contributed by atoms with Gasteiger partial charge >= 0.3 is 0 Å². The molecule has 2 bridgehead atoms.